The molecule has 0 atom stereocenters. The van der Waals surface area contributed by atoms with E-state index in [4.69, 9.17) is 9.72 Å². The van der Waals surface area contributed by atoms with Gasteiger partial charge in [0.1, 0.15) is 17.3 Å². The zero-order chi connectivity index (χ0) is 31.8. The second-order valence-electron chi connectivity index (χ2n) is 15.0. The summed E-state index contributed by atoms with van der Waals surface area (Å²) in [5.41, 5.74) is 7.64. The number of para-hydroxylation sites is 3. The molecule has 3 heterocycles. The lowest BCUT2D eigenvalue weighted by atomic mass is 9.65. The summed E-state index contributed by atoms with van der Waals surface area (Å²) in [7, 11) is 0. The Balaban J connectivity index is 1.07. The van der Waals surface area contributed by atoms with Crippen molar-refractivity contribution in [3.05, 3.63) is 115 Å². The first-order chi connectivity index (χ1) is 22.9. The Morgan fingerprint density at radius 2 is 1.43 bits per heavy atom. The van der Waals surface area contributed by atoms with E-state index < -0.39 is 0 Å². The normalized spacial score (nSPS) is 20.7. The molecule has 0 unspecified atom stereocenters. The maximum absolute atomic E-state index is 6.66. The fraction of sp³-hybridized carbons (Fsp3) is 0.310. The van der Waals surface area contributed by atoms with E-state index in [0.29, 0.717) is 5.54 Å². The van der Waals surface area contributed by atoms with Crippen molar-refractivity contribution in [3.8, 4) is 17.3 Å². The molecule has 3 fully saturated rings. The van der Waals surface area contributed by atoms with Crippen molar-refractivity contribution in [2.45, 2.75) is 70.3 Å². The van der Waals surface area contributed by atoms with Crippen LogP contribution < -0.4 is 14.5 Å². The summed E-state index contributed by atoms with van der Waals surface area (Å²) >= 11 is 0. The van der Waals surface area contributed by atoms with Gasteiger partial charge < -0.3 is 14.5 Å². The monoisotopic (exact) mass is 618 g/mol. The van der Waals surface area contributed by atoms with Gasteiger partial charge in [-0.3, -0.25) is 4.57 Å². The first kappa shape index (κ1) is 28.5. The van der Waals surface area contributed by atoms with Crippen LogP contribution in [0.1, 0.15) is 64.9 Å². The van der Waals surface area contributed by atoms with Crippen molar-refractivity contribution < 1.29 is 4.74 Å². The van der Waals surface area contributed by atoms with Crippen LogP contribution in [-0.2, 0) is 5.41 Å². The SMILES string of the molecule is CC(C)(C)c1ccnc(-n2c3ccccc3c3ccc(Oc4cccc(N5CN(C67CCC(CC6)CC7)c6ccccc65)c4)cc32)c1. The van der Waals surface area contributed by atoms with Crippen LogP contribution in [-0.4, -0.2) is 21.8 Å². The van der Waals surface area contributed by atoms with Crippen LogP contribution in [0.4, 0.5) is 17.1 Å². The summed E-state index contributed by atoms with van der Waals surface area (Å²) in [6.45, 7) is 7.63. The van der Waals surface area contributed by atoms with Crippen LogP contribution in [0.5, 0.6) is 11.5 Å². The molecule has 0 saturated heterocycles. The van der Waals surface area contributed by atoms with Crippen molar-refractivity contribution >= 4 is 38.9 Å². The number of fused-ring (bicyclic) bond motifs is 7. The fourth-order valence-electron chi connectivity index (χ4n) is 8.59. The third kappa shape index (κ3) is 4.70. The van der Waals surface area contributed by atoms with Crippen LogP contribution in [0.15, 0.2) is 109 Å². The Bertz CT molecular complexity index is 2120. The predicted molar refractivity (Wildman–Crippen MR) is 194 cm³/mol. The van der Waals surface area contributed by atoms with E-state index in [1.54, 1.807) is 0 Å². The van der Waals surface area contributed by atoms with Gasteiger partial charge in [0.2, 0.25) is 0 Å². The Labute approximate surface area is 277 Å². The number of rotatable bonds is 5. The van der Waals surface area contributed by atoms with Crippen LogP contribution >= 0.6 is 0 Å². The molecule has 0 radical (unpaired) electrons. The van der Waals surface area contributed by atoms with Gasteiger partial charge >= 0.3 is 0 Å². The third-order valence-corrected chi connectivity index (χ3v) is 11.2. The maximum atomic E-state index is 6.66. The highest BCUT2D eigenvalue weighted by Crippen LogP contribution is 2.53. The van der Waals surface area contributed by atoms with Gasteiger partial charge in [-0.2, -0.15) is 0 Å². The summed E-state index contributed by atoms with van der Waals surface area (Å²) in [5.74, 6) is 3.52. The van der Waals surface area contributed by atoms with Crippen LogP contribution in [0.3, 0.4) is 0 Å². The Hall–Kier alpha value is -4.77. The van der Waals surface area contributed by atoms with Crippen molar-refractivity contribution in [2.75, 3.05) is 16.5 Å². The molecule has 0 amide bonds. The molecule has 236 valence electrons. The smallest absolute Gasteiger partial charge is 0.137 e. The third-order valence-electron chi connectivity index (χ3n) is 11.2. The lowest BCUT2D eigenvalue weighted by molar-refractivity contribution is 0.133. The molecule has 2 aromatic heterocycles. The minimum absolute atomic E-state index is 0.0260. The number of nitrogens with zero attached hydrogens (tertiary/aromatic N) is 4. The molecule has 3 saturated carbocycles. The van der Waals surface area contributed by atoms with Crippen molar-refractivity contribution in [3.63, 3.8) is 0 Å². The van der Waals surface area contributed by atoms with Gasteiger partial charge in [0.05, 0.1) is 29.1 Å². The minimum atomic E-state index is 0.0260. The van der Waals surface area contributed by atoms with Crippen LogP contribution in [0, 0.1) is 5.92 Å². The average molecular weight is 619 g/mol. The zero-order valence-electron chi connectivity index (χ0n) is 27.6. The quantitative estimate of drug-likeness (QED) is 0.192. The number of benzene rings is 4. The van der Waals surface area contributed by atoms with E-state index in [-0.39, 0.29) is 5.41 Å². The molecular weight excluding hydrogens is 576 g/mol. The van der Waals surface area contributed by atoms with Crippen molar-refractivity contribution in [2.24, 2.45) is 5.92 Å². The zero-order valence-corrected chi connectivity index (χ0v) is 27.6. The molecule has 4 aliphatic rings. The van der Waals surface area contributed by atoms with E-state index in [9.17, 15) is 0 Å². The van der Waals surface area contributed by atoms with Gasteiger partial charge in [-0.05, 0) is 110 Å². The van der Waals surface area contributed by atoms with Crippen LogP contribution in [0.2, 0.25) is 0 Å². The number of anilines is 3. The molecule has 1 aliphatic heterocycles. The molecule has 0 spiro atoms. The molecule has 5 heteroatoms. The van der Waals surface area contributed by atoms with E-state index in [1.165, 1.54) is 66.2 Å². The summed E-state index contributed by atoms with van der Waals surface area (Å²) < 4.78 is 8.93. The van der Waals surface area contributed by atoms with E-state index in [1.807, 2.05) is 6.20 Å². The topological polar surface area (TPSA) is 33.5 Å². The minimum Gasteiger partial charge on any atom is -0.457 e. The Kier molecular flexibility index (Phi) is 6.44. The van der Waals surface area contributed by atoms with Gasteiger partial charge in [0, 0.05) is 40.3 Å². The fourth-order valence-corrected chi connectivity index (χ4v) is 8.59. The largest absolute Gasteiger partial charge is 0.457 e. The maximum Gasteiger partial charge on any atom is 0.137 e. The van der Waals surface area contributed by atoms with Gasteiger partial charge in [-0.25, -0.2) is 4.98 Å². The number of pyridine rings is 1. The first-order valence-electron chi connectivity index (χ1n) is 17.3. The van der Waals surface area contributed by atoms with Gasteiger partial charge in [0.25, 0.3) is 0 Å². The summed E-state index contributed by atoms with van der Waals surface area (Å²) in [6, 6.07) is 37.0. The lowest BCUT2D eigenvalue weighted by Gasteiger charge is -2.52. The second-order valence-corrected chi connectivity index (χ2v) is 15.0. The molecule has 0 N–H and O–H groups in total. The highest BCUT2D eigenvalue weighted by molar-refractivity contribution is 6.09. The standard InChI is InChI=1S/C42H42N4O/c1-41(2,3)30-20-24-43-40(25-30)46-36-12-5-4-11-34(36)35-16-15-33(27-39(35)46)47-32-10-8-9-31(26-32)44-28-45(38-14-7-6-13-37(38)44)42-21-17-29(18-22-42)19-23-42/h4-16,20,24-27,29H,17-19,21-23,28H2,1-3H3. The second kappa shape index (κ2) is 10.6. The van der Waals surface area contributed by atoms with Gasteiger partial charge in [-0.1, -0.05) is 57.2 Å². The molecule has 10 rings (SSSR count). The number of ether oxygens (including phenoxy) is 1. The predicted octanol–water partition coefficient (Wildman–Crippen LogP) is 10.9. The van der Waals surface area contributed by atoms with Crippen LogP contribution in [0.25, 0.3) is 27.6 Å². The first-order valence-corrected chi connectivity index (χ1v) is 17.3. The van der Waals surface area contributed by atoms with Crippen molar-refractivity contribution in [1.82, 2.24) is 9.55 Å². The Morgan fingerprint density at radius 1 is 0.702 bits per heavy atom. The Morgan fingerprint density at radius 3 is 2.23 bits per heavy atom. The highest BCUT2D eigenvalue weighted by Gasteiger charge is 2.47. The molecule has 5 nitrogen and oxygen atoms in total. The average Bonchev–Trinajstić information content (AvgIpc) is 3.66. The lowest BCUT2D eigenvalue weighted by Crippen LogP contribution is -2.54. The highest BCUT2D eigenvalue weighted by atomic mass is 16.5. The van der Waals surface area contributed by atoms with E-state index >= 15 is 0 Å². The summed E-state index contributed by atoms with van der Waals surface area (Å²) in [5, 5.41) is 2.40. The molecular formula is C42H42N4O. The van der Waals surface area contributed by atoms with Gasteiger partial charge in [0.15, 0.2) is 0 Å². The molecule has 6 aromatic rings. The molecule has 47 heavy (non-hydrogen) atoms. The van der Waals surface area contributed by atoms with E-state index in [0.717, 1.165) is 46.6 Å². The number of aromatic nitrogens is 2. The van der Waals surface area contributed by atoms with E-state index in [2.05, 4.69) is 138 Å². The number of hydrogen-bond acceptors (Lipinski definition) is 4. The summed E-state index contributed by atoms with van der Waals surface area (Å²) in [6.07, 6.45) is 10.0. The number of hydrogen-bond donors (Lipinski definition) is 0. The molecule has 3 aliphatic carbocycles. The summed E-state index contributed by atoms with van der Waals surface area (Å²) in [4.78, 5) is 10.1. The molecule has 4 aromatic carbocycles. The molecule has 2 bridgehead atoms. The van der Waals surface area contributed by atoms with Crippen molar-refractivity contribution in [1.29, 1.82) is 0 Å². The van der Waals surface area contributed by atoms with Gasteiger partial charge in [-0.15, -0.1) is 0 Å².